The molecule has 1 aromatic heterocycles. The SMILES string of the molecule is CCNCC(=O)NC(C)c1cnn(C)c1C. The van der Waals surface area contributed by atoms with Crippen LogP contribution in [-0.2, 0) is 11.8 Å². The van der Waals surface area contributed by atoms with Gasteiger partial charge in [0.05, 0.1) is 18.8 Å². The van der Waals surface area contributed by atoms with Crippen molar-refractivity contribution in [2.24, 2.45) is 7.05 Å². The zero-order valence-corrected chi connectivity index (χ0v) is 10.4. The molecule has 0 fully saturated rings. The fourth-order valence-corrected chi connectivity index (χ4v) is 1.55. The van der Waals surface area contributed by atoms with Crippen molar-refractivity contribution in [2.45, 2.75) is 26.8 Å². The van der Waals surface area contributed by atoms with Gasteiger partial charge in [-0.3, -0.25) is 9.48 Å². The Morgan fingerprint density at radius 2 is 2.31 bits per heavy atom. The minimum atomic E-state index is -0.000133. The number of carbonyl (C=O) groups is 1. The van der Waals surface area contributed by atoms with Crippen LogP contribution >= 0.6 is 0 Å². The first-order chi connectivity index (χ1) is 7.56. The molecule has 0 aliphatic rings. The molecule has 1 heterocycles. The van der Waals surface area contributed by atoms with Crippen LogP contribution in [0.3, 0.4) is 0 Å². The summed E-state index contributed by atoms with van der Waals surface area (Å²) in [4.78, 5) is 11.5. The van der Waals surface area contributed by atoms with Crippen molar-refractivity contribution in [1.82, 2.24) is 20.4 Å². The van der Waals surface area contributed by atoms with E-state index in [1.54, 1.807) is 6.20 Å². The number of hydrogen-bond donors (Lipinski definition) is 2. The number of nitrogens with one attached hydrogen (secondary N) is 2. The second kappa shape index (κ2) is 5.65. The maximum Gasteiger partial charge on any atom is 0.234 e. The fraction of sp³-hybridized carbons (Fsp3) is 0.636. The van der Waals surface area contributed by atoms with E-state index in [4.69, 9.17) is 0 Å². The van der Waals surface area contributed by atoms with E-state index in [0.717, 1.165) is 17.8 Å². The van der Waals surface area contributed by atoms with Crippen LogP contribution < -0.4 is 10.6 Å². The lowest BCUT2D eigenvalue weighted by Crippen LogP contribution is -2.35. The molecule has 2 N–H and O–H groups in total. The first-order valence-corrected chi connectivity index (χ1v) is 5.54. The van der Waals surface area contributed by atoms with Crippen molar-refractivity contribution in [3.63, 3.8) is 0 Å². The predicted octanol–water partition coefficient (Wildman–Crippen LogP) is 0.515. The second-order valence-electron chi connectivity index (χ2n) is 3.88. The van der Waals surface area contributed by atoms with Gasteiger partial charge in [-0.2, -0.15) is 5.10 Å². The molecule has 1 unspecified atom stereocenters. The predicted molar refractivity (Wildman–Crippen MR) is 63.0 cm³/mol. The van der Waals surface area contributed by atoms with Crippen LogP contribution in [0.5, 0.6) is 0 Å². The summed E-state index contributed by atoms with van der Waals surface area (Å²) >= 11 is 0. The largest absolute Gasteiger partial charge is 0.348 e. The molecule has 90 valence electrons. The average molecular weight is 224 g/mol. The van der Waals surface area contributed by atoms with Crippen molar-refractivity contribution >= 4 is 5.91 Å². The Hall–Kier alpha value is -1.36. The van der Waals surface area contributed by atoms with Crippen molar-refractivity contribution in [2.75, 3.05) is 13.1 Å². The molecular formula is C11H20N4O. The number of aryl methyl sites for hydroxylation is 1. The van der Waals surface area contributed by atoms with Gasteiger partial charge in [0.25, 0.3) is 0 Å². The Balaban J connectivity index is 2.55. The number of nitrogens with zero attached hydrogens (tertiary/aromatic N) is 2. The summed E-state index contributed by atoms with van der Waals surface area (Å²) in [5.41, 5.74) is 2.14. The van der Waals surface area contributed by atoms with Crippen LogP contribution in [0.2, 0.25) is 0 Å². The van der Waals surface area contributed by atoms with Gasteiger partial charge in [-0.15, -0.1) is 0 Å². The Bertz CT molecular complexity index is 359. The van der Waals surface area contributed by atoms with E-state index in [2.05, 4.69) is 15.7 Å². The van der Waals surface area contributed by atoms with Crippen LogP contribution in [0.1, 0.15) is 31.1 Å². The first kappa shape index (κ1) is 12.7. The monoisotopic (exact) mass is 224 g/mol. The molecule has 1 amide bonds. The molecule has 1 rings (SSSR count). The molecule has 1 aromatic rings. The Morgan fingerprint density at radius 1 is 1.62 bits per heavy atom. The van der Waals surface area contributed by atoms with Gasteiger partial charge >= 0.3 is 0 Å². The van der Waals surface area contributed by atoms with Crippen LogP contribution in [0.4, 0.5) is 0 Å². The molecule has 0 saturated carbocycles. The summed E-state index contributed by atoms with van der Waals surface area (Å²) in [5.74, 6) is 0.0117. The summed E-state index contributed by atoms with van der Waals surface area (Å²) in [5, 5.41) is 10.1. The number of hydrogen-bond acceptors (Lipinski definition) is 3. The van der Waals surface area contributed by atoms with Gasteiger partial charge in [-0.05, 0) is 20.4 Å². The Morgan fingerprint density at radius 3 is 2.81 bits per heavy atom. The summed E-state index contributed by atoms with van der Waals surface area (Å²) in [6.45, 7) is 7.10. The van der Waals surface area contributed by atoms with E-state index in [9.17, 15) is 4.79 Å². The molecule has 0 spiro atoms. The number of carbonyl (C=O) groups excluding carboxylic acids is 1. The summed E-state index contributed by atoms with van der Waals surface area (Å²) in [6.07, 6.45) is 1.80. The van der Waals surface area contributed by atoms with Crippen LogP contribution in [0.15, 0.2) is 6.20 Å². The Labute approximate surface area is 96.2 Å². The smallest absolute Gasteiger partial charge is 0.234 e. The maximum atomic E-state index is 11.5. The third-order valence-electron chi connectivity index (χ3n) is 2.65. The minimum Gasteiger partial charge on any atom is -0.348 e. The molecular weight excluding hydrogens is 204 g/mol. The molecule has 0 aliphatic heterocycles. The van der Waals surface area contributed by atoms with E-state index in [1.807, 2.05) is 32.5 Å². The third-order valence-corrected chi connectivity index (χ3v) is 2.65. The van der Waals surface area contributed by atoms with E-state index in [0.29, 0.717) is 6.54 Å². The number of amides is 1. The number of likely N-dealkylation sites (N-methyl/N-ethyl adjacent to an activating group) is 1. The molecule has 5 heteroatoms. The standard InChI is InChI=1S/C11H20N4O/c1-5-12-7-11(16)14-8(2)10-6-13-15(4)9(10)3/h6,8,12H,5,7H2,1-4H3,(H,14,16). The lowest BCUT2D eigenvalue weighted by molar-refractivity contribution is -0.120. The zero-order valence-electron chi connectivity index (χ0n) is 10.4. The van der Waals surface area contributed by atoms with Gasteiger partial charge in [0.15, 0.2) is 0 Å². The fourth-order valence-electron chi connectivity index (χ4n) is 1.55. The van der Waals surface area contributed by atoms with Crippen LogP contribution in [0, 0.1) is 6.92 Å². The van der Waals surface area contributed by atoms with Crippen molar-refractivity contribution in [1.29, 1.82) is 0 Å². The minimum absolute atomic E-state index is 0.000133. The summed E-state index contributed by atoms with van der Waals surface area (Å²) in [7, 11) is 1.89. The summed E-state index contributed by atoms with van der Waals surface area (Å²) < 4.78 is 1.81. The van der Waals surface area contributed by atoms with Gasteiger partial charge < -0.3 is 10.6 Å². The summed E-state index contributed by atoms with van der Waals surface area (Å²) in [6, 6.07) is -0.000133. The lowest BCUT2D eigenvalue weighted by Gasteiger charge is -2.13. The molecule has 0 radical (unpaired) electrons. The van der Waals surface area contributed by atoms with Crippen LogP contribution in [-0.4, -0.2) is 28.8 Å². The van der Waals surface area contributed by atoms with E-state index >= 15 is 0 Å². The molecule has 0 saturated heterocycles. The van der Waals surface area contributed by atoms with E-state index < -0.39 is 0 Å². The number of aromatic nitrogens is 2. The highest BCUT2D eigenvalue weighted by atomic mass is 16.1. The van der Waals surface area contributed by atoms with Crippen LogP contribution in [0.25, 0.3) is 0 Å². The number of rotatable bonds is 5. The quantitative estimate of drug-likeness (QED) is 0.766. The van der Waals surface area contributed by atoms with Crippen molar-refractivity contribution in [3.8, 4) is 0 Å². The van der Waals surface area contributed by atoms with Crippen molar-refractivity contribution < 1.29 is 4.79 Å². The average Bonchev–Trinajstić information content (AvgIpc) is 2.57. The first-order valence-electron chi connectivity index (χ1n) is 5.54. The molecule has 0 bridgehead atoms. The highest BCUT2D eigenvalue weighted by Crippen LogP contribution is 2.15. The normalized spacial score (nSPS) is 12.5. The van der Waals surface area contributed by atoms with Crippen molar-refractivity contribution in [3.05, 3.63) is 17.5 Å². The highest BCUT2D eigenvalue weighted by Gasteiger charge is 2.13. The van der Waals surface area contributed by atoms with E-state index in [1.165, 1.54) is 0 Å². The molecule has 1 atom stereocenters. The molecule has 0 aliphatic carbocycles. The van der Waals surface area contributed by atoms with Gasteiger partial charge in [-0.25, -0.2) is 0 Å². The third kappa shape index (κ3) is 3.06. The molecule has 5 nitrogen and oxygen atoms in total. The Kier molecular flexibility index (Phi) is 4.49. The van der Waals surface area contributed by atoms with Gasteiger partial charge in [0.1, 0.15) is 0 Å². The topological polar surface area (TPSA) is 59.0 Å². The molecule has 16 heavy (non-hydrogen) atoms. The highest BCUT2D eigenvalue weighted by molar-refractivity contribution is 5.78. The van der Waals surface area contributed by atoms with Gasteiger partial charge in [0, 0.05) is 18.3 Å². The lowest BCUT2D eigenvalue weighted by atomic mass is 10.1. The van der Waals surface area contributed by atoms with E-state index in [-0.39, 0.29) is 11.9 Å². The van der Waals surface area contributed by atoms with Gasteiger partial charge in [0.2, 0.25) is 5.91 Å². The maximum absolute atomic E-state index is 11.5. The zero-order chi connectivity index (χ0) is 12.1. The molecule has 0 aromatic carbocycles. The second-order valence-corrected chi connectivity index (χ2v) is 3.88. The van der Waals surface area contributed by atoms with Gasteiger partial charge in [-0.1, -0.05) is 6.92 Å².